The van der Waals surface area contributed by atoms with Crippen molar-refractivity contribution in [2.24, 2.45) is 0 Å². The van der Waals surface area contributed by atoms with Gasteiger partial charge >= 0.3 is 0 Å². The molecule has 0 radical (unpaired) electrons. The number of pyridine rings is 1. The van der Waals surface area contributed by atoms with Crippen LogP contribution in [-0.2, 0) is 6.54 Å². The Morgan fingerprint density at radius 3 is 2.68 bits per heavy atom. The van der Waals surface area contributed by atoms with Gasteiger partial charge in [-0.2, -0.15) is 0 Å². The van der Waals surface area contributed by atoms with E-state index in [0.29, 0.717) is 17.0 Å². The van der Waals surface area contributed by atoms with Crippen LogP contribution in [0.4, 0.5) is 0 Å². The second-order valence-corrected chi connectivity index (χ2v) is 7.23. The number of aromatic amines is 1. The van der Waals surface area contributed by atoms with E-state index in [1.807, 2.05) is 24.3 Å². The smallest absolute Gasteiger partial charge is 0.253 e. The lowest BCUT2D eigenvalue weighted by atomic mass is 10.0. The van der Waals surface area contributed by atoms with E-state index in [1.54, 1.807) is 18.2 Å². The van der Waals surface area contributed by atoms with Gasteiger partial charge in [0.1, 0.15) is 0 Å². The average molecular weight is 399 g/mol. The fourth-order valence-electron chi connectivity index (χ4n) is 2.67. The largest absolute Gasteiger partial charge is 0.348 e. The lowest BCUT2D eigenvalue weighted by Gasteiger charge is -2.09. The number of halogens is 1. The zero-order chi connectivity index (χ0) is 18.0. The molecule has 3 aromatic rings. The number of hydrogen-bond acceptors (Lipinski definition) is 2. The van der Waals surface area contributed by atoms with Gasteiger partial charge in [0.2, 0.25) is 0 Å². The highest BCUT2D eigenvalue weighted by Gasteiger charge is 2.09. The van der Waals surface area contributed by atoms with Crippen LogP contribution in [0.15, 0.2) is 57.8 Å². The predicted molar refractivity (Wildman–Crippen MR) is 104 cm³/mol. The maximum absolute atomic E-state index is 12.2. The van der Waals surface area contributed by atoms with E-state index in [0.717, 1.165) is 15.4 Å². The summed E-state index contributed by atoms with van der Waals surface area (Å²) in [6.45, 7) is 4.44. The van der Waals surface area contributed by atoms with Gasteiger partial charge in [0.25, 0.3) is 11.5 Å². The molecule has 25 heavy (non-hydrogen) atoms. The van der Waals surface area contributed by atoms with E-state index in [9.17, 15) is 9.59 Å². The van der Waals surface area contributed by atoms with Gasteiger partial charge in [-0.1, -0.05) is 41.9 Å². The van der Waals surface area contributed by atoms with Crippen molar-refractivity contribution in [3.05, 3.63) is 80.0 Å². The molecule has 2 aromatic carbocycles. The average Bonchev–Trinajstić information content (AvgIpc) is 2.59. The molecule has 1 aromatic heterocycles. The third kappa shape index (κ3) is 3.99. The fraction of sp³-hybridized carbons (Fsp3) is 0.200. The third-order valence-corrected chi connectivity index (χ3v) is 4.63. The van der Waals surface area contributed by atoms with E-state index in [2.05, 4.69) is 46.1 Å². The van der Waals surface area contributed by atoms with Crippen LogP contribution in [-0.4, -0.2) is 10.9 Å². The summed E-state index contributed by atoms with van der Waals surface area (Å²) in [5, 5.41) is 3.78. The van der Waals surface area contributed by atoms with Crippen molar-refractivity contribution in [2.45, 2.75) is 26.3 Å². The number of H-pyrrole nitrogens is 1. The minimum absolute atomic E-state index is 0.181. The Labute approximate surface area is 154 Å². The van der Waals surface area contributed by atoms with Crippen LogP contribution in [0.2, 0.25) is 0 Å². The molecular formula is C20H19BrN2O2. The predicted octanol–water partition coefficient (Wildman–Crippen LogP) is 4.34. The number of fused-ring (bicyclic) bond motifs is 1. The zero-order valence-corrected chi connectivity index (χ0v) is 15.7. The lowest BCUT2D eigenvalue weighted by molar-refractivity contribution is 0.0950. The fourth-order valence-corrected chi connectivity index (χ4v) is 3.07. The number of hydrogen-bond donors (Lipinski definition) is 2. The molecule has 0 aliphatic rings. The molecule has 3 rings (SSSR count). The van der Waals surface area contributed by atoms with Crippen molar-refractivity contribution in [3.63, 3.8) is 0 Å². The van der Waals surface area contributed by atoms with Crippen molar-refractivity contribution in [1.29, 1.82) is 0 Å². The van der Waals surface area contributed by atoms with E-state index < -0.39 is 0 Å². The molecule has 128 valence electrons. The van der Waals surface area contributed by atoms with Crippen LogP contribution in [0.3, 0.4) is 0 Å². The van der Waals surface area contributed by atoms with Crippen LogP contribution < -0.4 is 10.9 Å². The number of nitrogens with one attached hydrogen (secondary N) is 2. The summed E-state index contributed by atoms with van der Waals surface area (Å²) < 4.78 is 0.838. The molecule has 0 unspecified atom stereocenters. The Morgan fingerprint density at radius 2 is 1.96 bits per heavy atom. The van der Waals surface area contributed by atoms with Gasteiger partial charge in [0.15, 0.2) is 0 Å². The molecule has 0 aliphatic carbocycles. The molecule has 0 fully saturated rings. The first-order valence-corrected chi connectivity index (χ1v) is 8.93. The van der Waals surface area contributed by atoms with Crippen molar-refractivity contribution < 1.29 is 4.79 Å². The van der Waals surface area contributed by atoms with Crippen LogP contribution in [0.25, 0.3) is 10.9 Å². The van der Waals surface area contributed by atoms with Gasteiger partial charge in [-0.3, -0.25) is 9.59 Å². The molecule has 0 aliphatic heterocycles. The lowest BCUT2D eigenvalue weighted by Crippen LogP contribution is -2.26. The van der Waals surface area contributed by atoms with Gasteiger partial charge in [-0.15, -0.1) is 0 Å². The molecule has 0 saturated carbocycles. The zero-order valence-electron chi connectivity index (χ0n) is 14.1. The summed E-state index contributed by atoms with van der Waals surface area (Å²) in [7, 11) is 0. The van der Waals surface area contributed by atoms with Gasteiger partial charge in [-0.25, -0.2) is 0 Å². The number of carbonyl (C=O) groups is 1. The van der Waals surface area contributed by atoms with E-state index in [-0.39, 0.29) is 18.0 Å². The molecule has 4 nitrogen and oxygen atoms in total. The number of rotatable bonds is 4. The Kier molecular flexibility index (Phi) is 5.04. The number of benzene rings is 2. The Bertz CT molecular complexity index is 992. The normalized spacial score (nSPS) is 11.0. The maximum Gasteiger partial charge on any atom is 0.253 e. The summed E-state index contributed by atoms with van der Waals surface area (Å²) in [6.07, 6.45) is 0. The van der Waals surface area contributed by atoms with Crippen LogP contribution in [0.5, 0.6) is 0 Å². The minimum atomic E-state index is -0.211. The molecule has 1 amide bonds. The maximum atomic E-state index is 12.2. The van der Waals surface area contributed by atoms with E-state index in [1.165, 1.54) is 5.56 Å². The summed E-state index contributed by atoms with van der Waals surface area (Å²) in [6, 6.07) is 15.0. The van der Waals surface area contributed by atoms with Crippen molar-refractivity contribution in [3.8, 4) is 0 Å². The number of aromatic nitrogens is 1. The minimum Gasteiger partial charge on any atom is -0.348 e. The highest BCUT2D eigenvalue weighted by atomic mass is 79.9. The van der Waals surface area contributed by atoms with Crippen LogP contribution in [0, 0.1) is 0 Å². The topological polar surface area (TPSA) is 62.0 Å². The highest BCUT2D eigenvalue weighted by Crippen LogP contribution is 2.20. The second kappa shape index (κ2) is 7.23. The summed E-state index contributed by atoms with van der Waals surface area (Å²) in [4.78, 5) is 27.4. The standard InChI is InChI=1S/C20H19BrN2O2/c1-12(2)13-6-7-18-15(8-13)9-16(20(25)23-18)11-22-19(24)14-4-3-5-17(21)10-14/h3-10,12H,11H2,1-2H3,(H,22,24)(H,23,25). The van der Waals surface area contributed by atoms with Gasteiger partial charge in [0.05, 0.1) is 0 Å². The van der Waals surface area contributed by atoms with Crippen molar-refractivity contribution in [2.75, 3.05) is 0 Å². The van der Waals surface area contributed by atoms with Crippen LogP contribution >= 0.6 is 15.9 Å². The first-order valence-electron chi connectivity index (χ1n) is 8.13. The molecule has 0 spiro atoms. The molecule has 1 heterocycles. The Morgan fingerprint density at radius 1 is 1.16 bits per heavy atom. The summed E-state index contributed by atoms with van der Waals surface area (Å²) in [5.41, 5.74) is 2.92. The third-order valence-electron chi connectivity index (χ3n) is 4.14. The summed E-state index contributed by atoms with van der Waals surface area (Å²) in [5.74, 6) is 0.202. The molecule has 0 atom stereocenters. The first kappa shape index (κ1) is 17.4. The monoisotopic (exact) mass is 398 g/mol. The quantitative estimate of drug-likeness (QED) is 0.686. The van der Waals surface area contributed by atoms with Crippen molar-refractivity contribution in [1.82, 2.24) is 10.3 Å². The molecule has 0 bridgehead atoms. The molecular weight excluding hydrogens is 380 g/mol. The Balaban J connectivity index is 1.84. The Hall–Kier alpha value is -2.40. The second-order valence-electron chi connectivity index (χ2n) is 6.32. The van der Waals surface area contributed by atoms with Gasteiger partial charge in [0, 0.05) is 27.7 Å². The molecule has 5 heteroatoms. The van der Waals surface area contributed by atoms with Gasteiger partial charge < -0.3 is 10.3 Å². The molecule has 0 saturated heterocycles. The van der Waals surface area contributed by atoms with E-state index >= 15 is 0 Å². The number of carbonyl (C=O) groups excluding carboxylic acids is 1. The van der Waals surface area contributed by atoms with E-state index in [4.69, 9.17) is 0 Å². The SMILES string of the molecule is CC(C)c1ccc2[nH]c(=O)c(CNC(=O)c3cccc(Br)c3)cc2c1. The summed E-state index contributed by atoms with van der Waals surface area (Å²) >= 11 is 3.35. The van der Waals surface area contributed by atoms with Crippen LogP contribution in [0.1, 0.15) is 41.3 Å². The number of amides is 1. The first-order chi connectivity index (χ1) is 11.9. The van der Waals surface area contributed by atoms with Crippen molar-refractivity contribution >= 4 is 32.7 Å². The molecule has 2 N–H and O–H groups in total. The highest BCUT2D eigenvalue weighted by molar-refractivity contribution is 9.10. The van der Waals surface area contributed by atoms with Gasteiger partial charge in [-0.05, 0) is 53.3 Å².